The number of hydrogen-bond donors (Lipinski definition) is 2. The van der Waals surface area contributed by atoms with E-state index in [4.69, 9.17) is 11.6 Å². The number of nitriles is 2. The summed E-state index contributed by atoms with van der Waals surface area (Å²) < 4.78 is 0. The van der Waals surface area contributed by atoms with Crippen LogP contribution in [0.4, 0.5) is 0 Å². The summed E-state index contributed by atoms with van der Waals surface area (Å²) >= 11 is 5.85. The fourth-order valence-corrected chi connectivity index (χ4v) is 5.16. The molecule has 31 heavy (non-hydrogen) atoms. The number of carbonyl (C=O) groups is 2. The van der Waals surface area contributed by atoms with Crippen LogP contribution >= 0.6 is 11.6 Å². The predicted octanol–water partition coefficient (Wildman–Crippen LogP) is 2.66. The second kappa shape index (κ2) is 6.76. The van der Waals surface area contributed by atoms with Gasteiger partial charge in [0.05, 0.1) is 11.4 Å². The summed E-state index contributed by atoms with van der Waals surface area (Å²) in [5.74, 6) is -0.910. The average molecular weight is 435 g/mol. The van der Waals surface area contributed by atoms with Crippen LogP contribution < -0.4 is 10.9 Å². The minimum atomic E-state index is -1.10. The number of nitrogens with zero attached hydrogens (tertiary/aromatic N) is 4. The highest BCUT2D eigenvalue weighted by Crippen LogP contribution is 2.70. The van der Waals surface area contributed by atoms with Crippen molar-refractivity contribution in [3.63, 3.8) is 0 Å². The quantitative estimate of drug-likeness (QED) is 0.698. The number of aromatic nitrogens is 2. The molecule has 2 bridgehead atoms. The highest BCUT2D eigenvalue weighted by molar-refractivity contribution is 6.30. The Bertz CT molecular complexity index is 1210. The molecule has 2 amide bonds. The number of rotatable bonds is 2. The van der Waals surface area contributed by atoms with E-state index in [-0.39, 0.29) is 11.4 Å². The van der Waals surface area contributed by atoms with Gasteiger partial charge in [0.25, 0.3) is 11.8 Å². The largest absolute Gasteiger partial charge is 0.272 e. The Kier molecular flexibility index (Phi) is 4.53. The zero-order valence-corrected chi connectivity index (χ0v) is 18.0. The van der Waals surface area contributed by atoms with Gasteiger partial charge in [0.1, 0.15) is 17.6 Å². The number of nitrogens with one attached hydrogen (secondary N) is 2. The lowest BCUT2D eigenvalue weighted by Gasteiger charge is -2.39. The van der Waals surface area contributed by atoms with Crippen LogP contribution in [-0.2, 0) is 15.6 Å². The Morgan fingerprint density at radius 2 is 1.55 bits per heavy atom. The molecule has 4 rings (SSSR count). The molecule has 0 radical (unpaired) electrons. The van der Waals surface area contributed by atoms with Gasteiger partial charge in [-0.05, 0) is 42.5 Å². The van der Waals surface area contributed by atoms with Crippen molar-refractivity contribution in [1.82, 2.24) is 20.8 Å². The van der Waals surface area contributed by atoms with E-state index in [1.165, 1.54) is 0 Å². The maximum Gasteiger partial charge on any atom is 0.269 e. The van der Waals surface area contributed by atoms with Crippen LogP contribution in [-0.4, -0.2) is 21.8 Å². The molecule has 0 saturated heterocycles. The number of fused-ring (bicyclic) bond motifs is 5. The summed E-state index contributed by atoms with van der Waals surface area (Å²) in [5.41, 5.74) is 3.95. The molecule has 0 aliphatic heterocycles. The van der Waals surface area contributed by atoms with Crippen molar-refractivity contribution in [3.05, 3.63) is 57.6 Å². The molecule has 9 heteroatoms. The Balaban J connectivity index is 1.72. The Morgan fingerprint density at radius 3 is 2.13 bits per heavy atom. The smallest absolute Gasteiger partial charge is 0.269 e. The van der Waals surface area contributed by atoms with Gasteiger partial charge < -0.3 is 0 Å². The molecular weight excluding hydrogens is 416 g/mol. The van der Waals surface area contributed by atoms with E-state index in [1.807, 2.05) is 32.9 Å². The van der Waals surface area contributed by atoms with Crippen molar-refractivity contribution in [1.29, 1.82) is 10.5 Å². The number of hydrazine groups is 1. The summed E-state index contributed by atoms with van der Waals surface area (Å²) in [6.45, 7) is 5.92. The molecule has 2 aliphatic rings. The zero-order chi connectivity index (χ0) is 22.6. The van der Waals surface area contributed by atoms with Crippen molar-refractivity contribution in [3.8, 4) is 12.1 Å². The predicted molar refractivity (Wildman–Crippen MR) is 111 cm³/mol. The normalized spacial score (nSPS) is 24.6. The van der Waals surface area contributed by atoms with Gasteiger partial charge in [-0.2, -0.15) is 10.5 Å². The average Bonchev–Trinajstić information content (AvgIpc) is 3.06. The standard InChI is InChI=1S/C22H19ClN6O2/c1-20(2)21(3)8-9-22(20,17-16(21)26-14(10-24)15(11-25)27-17)19(31)29-28-18(30)12-4-6-13(23)7-5-12/h4-7H,8-9H2,1-3H3,(H,28,30)(H,29,31). The van der Waals surface area contributed by atoms with Crippen LogP contribution in [0.2, 0.25) is 5.02 Å². The summed E-state index contributed by atoms with van der Waals surface area (Å²) in [6.07, 6.45) is 1.15. The molecule has 0 spiro atoms. The zero-order valence-electron chi connectivity index (χ0n) is 17.2. The van der Waals surface area contributed by atoms with E-state index >= 15 is 0 Å². The van der Waals surface area contributed by atoms with Gasteiger partial charge >= 0.3 is 0 Å². The van der Waals surface area contributed by atoms with Crippen molar-refractivity contribution in [2.45, 2.75) is 44.4 Å². The van der Waals surface area contributed by atoms with E-state index < -0.39 is 28.1 Å². The topological polar surface area (TPSA) is 132 Å². The van der Waals surface area contributed by atoms with E-state index in [1.54, 1.807) is 24.3 Å². The number of hydrogen-bond acceptors (Lipinski definition) is 6. The van der Waals surface area contributed by atoms with Gasteiger partial charge in [0, 0.05) is 16.0 Å². The summed E-state index contributed by atoms with van der Waals surface area (Å²) in [4.78, 5) is 34.8. The number of benzene rings is 1. The molecule has 1 heterocycles. The first-order valence-electron chi connectivity index (χ1n) is 9.72. The fourth-order valence-electron chi connectivity index (χ4n) is 5.03. The van der Waals surface area contributed by atoms with Crippen LogP contribution in [0.1, 0.15) is 66.7 Å². The van der Waals surface area contributed by atoms with E-state index in [9.17, 15) is 20.1 Å². The number of amides is 2. The van der Waals surface area contributed by atoms with Gasteiger partial charge in [-0.25, -0.2) is 9.97 Å². The summed E-state index contributed by atoms with van der Waals surface area (Å²) in [5, 5.41) is 19.3. The second-order valence-electron chi connectivity index (χ2n) is 8.62. The van der Waals surface area contributed by atoms with Crippen LogP contribution in [0.25, 0.3) is 0 Å². The molecule has 2 aliphatic carbocycles. The molecule has 2 aromatic rings. The van der Waals surface area contributed by atoms with E-state index in [0.29, 0.717) is 34.8 Å². The lowest BCUT2D eigenvalue weighted by molar-refractivity contribution is -0.131. The molecule has 1 aromatic carbocycles. The second-order valence-corrected chi connectivity index (χ2v) is 9.06. The number of carbonyl (C=O) groups excluding carboxylic acids is 2. The molecule has 1 fully saturated rings. The lowest BCUT2D eigenvalue weighted by Crippen LogP contribution is -2.55. The van der Waals surface area contributed by atoms with Gasteiger partial charge in [0.15, 0.2) is 11.4 Å². The Morgan fingerprint density at radius 1 is 0.968 bits per heavy atom. The third kappa shape index (κ3) is 2.58. The first-order valence-corrected chi connectivity index (χ1v) is 10.1. The fraction of sp³-hybridized carbons (Fsp3) is 0.364. The van der Waals surface area contributed by atoms with E-state index in [0.717, 1.165) is 0 Å². The van der Waals surface area contributed by atoms with Crippen molar-refractivity contribution in [2.24, 2.45) is 5.41 Å². The van der Waals surface area contributed by atoms with Crippen molar-refractivity contribution >= 4 is 23.4 Å². The minimum Gasteiger partial charge on any atom is -0.272 e. The van der Waals surface area contributed by atoms with Gasteiger partial charge in [-0.3, -0.25) is 20.4 Å². The van der Waals surface area contributed by atoms with Crippen molar-refractivity contribution < 1.29 is 9.59 Å². The van der Waals surface area contributed by atoms with Crippen LogP contribution in [0.5, 0.6) is 0 Å². The third-order valence-corrected chi connectivity index (χ3v) is 7.52. The highest BCUT2D eigenvalue weighted by atomic mass is 35.5. The Hall–Kier alpha value is -3.49. The van der Waals surface area contributed by atoms with Crippen LogP contribution in [0.15, 0.2) is 24.3 Å². The maximum atomic E-state index is 13.5. The van der Waals surface area contributed by atoms with Crippen LogP contribution in [0.3, 0.4) is 0 Å². The van der Waals surface area contributed by atoms with E-state index in [2.05, 4.69) is 20.8 Å². The molecule has 1 aromatic heterocycles. The molecule has 1 saturated carbocycles. The number of halogens is 1. The molecule has 2 atom stereocenters. The summed E-state index contributed by atoms with van der Waals surface area (Å²) in [7, 11) is 0. The molecule has 156 valence electrons. The van der Waals surface area contributed by atoms with Gasteiger partial charge in [0.2, 0.25) is 0 Å². The van der Waals surface area contributed by atoms with Gasteiger partial charge in [-0.15, -0.1) is 0 Å². The van der Waals surface area contributed by atoms with Crippen molar-refractivity contribution in [2.75, 3.05) is 0 Å². The molecule has 2 unspecified atom stereocenters. The van der Waals surface area contributed by atoms with Gasteiger partial charge in [-0.1, -0.05) is 32.4 Å². The molecule has 2 N–H and O–H groups in total. The Labute approximate surface area is 184 Å². The lowest BCUT2D eigenvalue weighted by atomic mass is 9.63. The first kappa shape index (κ1) is 20.8. The molecule has 8 nitrogen and oxygen atoms in total. The van der Waals surface area contributed by atoms with Crippen LogP contribution in [0, 0.1) is 28.1 Å². The SMILES string of the molecule is CC12CCC(C(=O)NNC(=O)c3ccc(Cl)cc3)(c3nc(C#N)c(C#N)nc31)C2(C)C. The first-order chi connectivity index (χ1) is 14.6. The molecular formula is C22H19ClN6O2. The maximum absolute atomic E-state index is 13.5. The monoisotopic (exact) mass is 434 g/mol. The minimum absolute atomic E-state index is 0.0441. The highest BCUT2D eigenvalue weighted by Gasteiger charge is 2.73. The summed E-state index contributed by atoms with van der Waals surface area (Å²) in [6, 6.07) is 10.1. The third-order valence-electron chi connectivity index (χ3n) is 7.26.